The maximum atomic E-state index is 9.61. The van der Waals surface area contributed by atoms with Gasteiger partial charge in [0.25, 0.3) is 0 Å². The normalized spacial score (nSPS) is 47.4. The lowest BCUT2D eigenvalue weighted by molar-refractivity contribution is -0.124. The van der Waals surface area contributed by atoms with E-state index in [1.165, 1.54) is 5.57 Å². The average molecular weight is 196 g/mol. The molecule has 2 nitrogen and oxygen atoms in total. The molecule has 1 aliphatic carbocycles. The number of hydrogen-bond donors (Lipinski definition) is 1. The van der Waals surface area contributed by atoms with Crippen molar-refractivity contribution in [1.29, 1.82) is 0 Å². The molecule has 2 bridgehead atoms. The van der Waals surface area contributed by atoms with E-state index in [-0.39, 0.29) is 12.0 Å². The summed E-state index contributed by atoms with van der Waals surface area (Å²) in [5.41, 5.74) is 1.41. The number of fused-ring (bicyclic) bond motifs is 2. The van der Waals surface area contributed by atoms with Crippen molar-refractivity contribution >= 4 is 0 Å². The van der Waals surface area contributed by atoms with Gasteiger partial charge in [0.05, 0.1) is 19.8 Å². The lowest BCUT2D eigenvalue weighted by Crippen LogP contribution is -2.53. The van der Waals surface area contributed by atoms with Crippen molar-refractivity contribution < 1.29 is 9.84 Å². The largest absolute Gasteiger partial charge is 0.396 e. The molecule has 1 aliphatic heterocycles. The van der Waals surface area contributed by atoms with Crippen LogP contribution < -0.4 is 0 Å². The minimum Gasteiger partial charge on any atom is -0.396 e. The van der Waals surface area contributed by atoms with E-state index >= 15 is 0 Å². The molecule has 1 heterocycles. The van der Waals surface area contributed by atoms with E-state index in [1.807, 2.05) is 0 Å². The number of aliphatic hydroxyl groups excluding tert-OH is 1. The fraction of sp³-hybridized carbons (Fsp3) is 0.833. The second kappa shape index (κ2) is 3.35. The summed E-state index contributed by atoms with van der Waals surface area (Å²) in [5, 5.41) is 9.61. The summed E-state index contributed by atoms with van der Waals surface area (Å²) in [4.78, 5) is 0. The lowest BCUT2D eigenvalue weighted by Gasteiger charge is -2.52. The maximum Gasteiger partial charge on any atom is 0.0553 e. The van der Waals surface area contributed by atoms with Gasteiger partial charge in [-0.25, -0.2) is 0 Å². The van der Waals surface area contributed by atoms with Crippen LogP contribution in [0.2, 0.25) is 0 Å². The highest BCUT2D eigenvalue weighted by molar-refractivity contribution is 5.18. The summed E-state index contributed by atoms with van der Waals surface area (Å²) < 4.78 is 5.64. The van der Waals surface area contributed by atoms with Crippen LogP contribution in [0.3, 0.4) is 0 Å². The van der Waals surface area contributed by atoms with Gasteiger partial charge < -0.3 is 9.84 Å². The van der Waals surface area contributed by atoms with Crippen LogP contribution in [0, 0.1) is 23.2 Å². The van der Waals surface area contributed by atoms with Gasteiger partial charge >= 0.3 is 0 Å². The summed E-state index contributed by atoms with van der Waals surface area (Å²) in [5.74, 6) is 1.49. The van der Waals surface area contributed by atoms with Crippen molar-refractivity contribution in [2.75, 3.05) is 19.8 Å². The van der Waals surface area contributed by atoms with E-state index in [0.717, 1.165) is 6.61 Å². The van der Waals surface area contributed by atoms with Crippen molar-refractivity contribution in [3.63, 3.8) is 0 Å². The number of rotatable bonds is 1. The molecule has 1 saturated heterocycles. The van der Waals surface area contributed by atoms with Crippen molar-refractivity contribution in [2.24, 2.45) is 23.2 Å². The SMILES string of the molecule is CC1=C[C@@H](C)[C@@]2(CO)COC[C@@H]1[C@H]2C. The molecule has 0 radical (unpaired) electrons. The first-order valence-electron chi connectivity index (χ1n) is 5.49. The molecule has 2 aliphatic rings. The summed E-state index contributed by atoms with van der Waals surface area (Å²) >= 11 is 0. The monoisotopic (exact) mass is 196 g/mol. The van der Waals surface area contributed by atoms with Crippen molar-refractivity contribution in [2.45, 2.75) is 20.8 Å². The molecule has 2 rings (SSSR count). The third kappa shape index (κ3) is 1.17. The molecule has 1 fully saturated rings. The zero-order chi connectivity index (χ0) is 10.3. The van der Waals surface area contributed by atoms with E-state index in [0.29, 0.717) is 24.4 Å². The summed E-state index contributed by atoms with van der Waals surface area (Å²) in [6.07, 6.45) is 2.32. The van der Waals surface area contributed by atoms with Crippen LogP contribution in [0.4, 0.5) is 0 Å². The van der Waals surface area contributed by atoms with E-state index in [9.17, 15) is 5.11 Å². The first kappa shape index (κ1) is 10.2. The van der Waals surface area contributed by atoms with Gasteiger partial charge in [0.2, 0.25) is 0 Å². The van der Waals surface area contributed by atoms with Gasteiger partial charge in [-0.15, -0.1) is 0 Å². The van der Waals surface area contributed by atoms with Crippen LogP contribution in [0.5, 0.6) is 0 Å². The highest BCUT2D eigenvalue weighted by Crippen LogP contribution is 2.49. The van der Waals surface area contributed by atoms with Crippen LogP contribution in [-0.2, 0) is 4.74 Å². The maximum absolute atomic E-state index is 9.61. The topological polar surface area (TPSA) is 29.5 Å². The number of hydrogen-bond acceptors (Lipinski definition) is 2. The highest BCUT2D eigenvalue weighted by atomic mass is 16.5. The molecule has 0 aromatic rings. The zero-order valence-electron chi connectivity index (χ0n) is 9.29. The predicted molar refractivity (Wildman–Crippen MR) is 55.9 cm³/mol. The van der Waals surface area contributed by atoms with E-state index < -0.39 is 0 Å². The second-order valence-corrected chi connectivity index (χ2v) is 5.00. The van der Waals surface area contributed by atoms with Crippen LogP contribution in [0.25, 0.3) is 0 Å². The Morgan fingerprint density at radius 2 is 2.29 bits per heavy atom. The molecular weight excluding hydrogens is 176 g/mol. The predicted octanol–water partition coefficient (Wildman–Crippen LogP) is 1.84. The van der Waals surface area contributed by atoms with Crippen molar-refractivity contribution in [1.82, 2.24) is 0 Å². The van der Waals surface area contributed by atoms with Gasteiger partial charge in [-0.2, -0.15) is 0 Å². The van der Waals surface area contributed by atoms with Crippen LogP contribution in [-0.4, -0.2) is 24.9 Å². The van der Waals surface area contributed by atoms with Gasteiger partial charge in [0.15, 0.2) is 0 Å². The van der Waals surface area contributed by atoms with Crippen molar-refractivity contribution in [3.05, 3.63) is 11.6 Å². The Hall–Kier alpha value is -0.340. The van der Waals surface area contributed by atoms with E-state index in [4.69, 9.17) is 4.74 Å². The second-order valence-electron chi connectivity index (χ2n) is 5.00. The first-order chi connectivity index (χ1) is 6.62. The Bertz CT molecular complexity index is 259. The molecule has 4 atom stereocenters. The van der Waals surface area contributed by atoms with E-state index in [1.54, 1.807) is 0 Å². The van der Waals surface area contributed by atoms with Gasteiger partial charge in [-0.1, -0.05) is 25.5 Å². The third-order valence-corrected chi connectivity index (χ3v) is 4.48. The molecular formula is C12H20O2. The summed E-state index contributed by atoms with van der Waals surface area (Å²) in [7, 11) is 0. The Morgan fingerprint density at radius 1 is 1.57 bits per heavy atom. The lowest BCUT2D eigenvalue weighted by atomic mass is 9.58. The highest BCUT2D eigenvalue weighted by Gasteiger charge is 2.49. The molecule has 0 amide bonds. The number of aliphatic hydroxyl groups is 1. The minimum absolute atomic E-state index is 0.0254. The summed E-state index contributed by atoms with van der Waals surface area (Å²) in [6, 6.07) is 0. The number of ether oxygens (including phenoxy) is 1. The van der Waals surface area contributed by atoms with Crippen LogP contribution in [0.15, 0.2) is 11.6 Å². The number of allylic oxidation sites excluding steroid dienone is 1. The Morgan fingerprint density at radius 3 is 2.93 bits per heavy atom. The standard InChI is InChI=1S/C12H20O2/c1-8-4-9(2)12(6-13)7-14-5-11(8)10(12)3/h4,9-11,13H,5-7H2,1-3H3/t9-,10-,11+,12-/m1/s1. The third-order valence-electron chi connectivity index (χ3n) is 4.48. The fourth-order valence-corrected chi connectivity index (χ4v) is 3.14. The smallest absolute Gasteiger partial charge is 0.0553 e. The first-order valence-corrected chi connectivity index (χ1v) is 5.49. The molecule has 1 N–H and O–H groups in total. The molecule has 0 spiro atoms. The molecule has 80 valence electrons. The average Bonchev–Trinajstić information content (AvgIpc) is 2.15. The molecule has 2 heteroatoms. The van der Waals surface area contributed by atoms with Crippen LogP contribution in [0.1, 0.15) is 20.8 Å². The Labute approximate surface area is 86.0 Å². The summed E-state index contributed by atoms with van der Waals surface area (Å²) in [6.45, 7) is 8.44. The molecule has 14 heavy (non-hydrogen) atoms. The van der Waals surface area contributed by atoms with Gasteiger partial charge in [0.1, 0.15) is 0 Å². The van der Waals surface area contributed by atoms with Crippen molar-refractivity contribution in [3.8, 4) is 0 Å². The molecule has 0 saturated carbocycles. The Balaban J connectivity index is 2.40. The van der Waals surface area contributed by atoms with Crippen LogP contribution >= 0.6 is 0 Å². The fourth-order valence-electron chi connectivity index (χ4n) is 3.14. The van der Waals surface area contributed by atoms with E-state index in [2.05, 4.69) is 26.8 Å². The minimum atomic E-state index is -0.0254. The quantitative estimate of drug-likeness (QED) is 0.648. The zero-order valence-corrected chi connectivity index (χ0v) is 9.29. The molecule has 0 aromatic heterocycles. The van der Waals surface area contributed by atoms with Gasteiger partial charge in [-0.3, -0.25) is 0 Å². The van der Waals surface area contributed by atoms with Gasteiger partial charge in [0, 0.05) is 11.3 Å². The Kier molecular flexibility index (Phi) is 2.44. The molecule has 0 unspecified atom stereocenters. The molecule has 0 aromatic carbocycles. The van der Waals surface area contributed by atoms with Gasteiger partial charge in [-0.05, 0) is 18.8 Å².